The zero-order valence-corrected chi connectivity index (χ0v) is 9.52. The zero-order chi connectivity index (χ0) is 11.5. The fourth-order valence-electron chi connectivity index (χ4n) is 1.86. The van der Waals surface area contributed by atoms with Crippen molar-refractivity contribution in [2.45, 2.75) is 18.9 Å². The van der Waals surface area contributed by atoms with Crippen LogP contribution in [0.5, 0.6) is 0 Å². The molecular formula is C11H13ClN2O2. The summed E-state index contributed by atoms with van der Waals surface area (Å²) in [7, 11) is 0. The van der Waals surface area contributed by atoms with Crippen LogP contribution in [0.4, 0.5) is 0 Å². The van der Waals surface area contributed by atoms with Crippen LogP contribution in [-0.4, -0.2) is 40.1 Å². The third-order valence-corrected chi connectivity index (χ3v) is 2.86. The Labute approximate surface area is 98.9 Å². The van der Waals surface area contributed by atoms with E-state index in [0.29, 0.717) is 23.8 Å². The van der Waals surface area contributed by atoms with E-state index in [1.54, 1.807) is 17.0 Å². The summed E-state index contributed by atoms with van der Waals surface area (Å²) in [5, 5.41) is 9.81. The Balaban J connectivity index is 2.12. The molecule has 0 unspecified atom stereocenters. The van der Waals surface area contributed by atoms with Crippen LogP contribution in [0.25, 0.3) is 0 Å². The van der Waals surface area contributed by atoms with Gasteiger partial charge in [0.1, 0.15) is 5.15 Å². The van der Waals surface area contributed by atoms with Gasteiger partial charge in [-0.25, -0.2) is 4.98 Å². The van der Waals surface area contributed by atoms with Gasteiger partial charge >= 0.3 is 0 Å². The third kappa shape index (κ3) is 2.51. The number of rotatable bonds is 1. The largest absolute Gasteiger partial charge is 0.391 e. The number of carbonyl (C=O) groups is 1. The van der Waals surface area contributed by atoms with E-state index in [1.165, 1.54) is 6.20 Å². The third-order valence-electron chi connectivity index (χ3n) is 2.66. The smallest absolute Gasteiger partial charge is 0.254 e. The van der Waals surface area contributed by atoms with E-state index in [2.05, 4.69) is 4.98 Å². The Hall–Kier alpha value is -1.13. The van der Waals surface area contributed by atoms with Crippen molar-refractivity contribution in [3.05, 3.63) is 29.0 Å². The Morgan fingerprint density at radius 2 is 2.44 bits per heavy atom. The number of piperidine rings is 1. The molecule has 1 aromatic rings. The van der Waals surface area contributed by atoms with Crippen molar-refractivity contribution in [1.82, 2.24) is 9.88 Å². The first-order valence-corrected chi connectivity index (χ1v) is 5.63. The molecule has 0 saturated carbocycles. The molecule has 5 heteroatoms. The van der Waals surface area contributed by atoms with Gasteiger partial charge in [0.25, 0.3) is 5.91 Å². The topological polar surface area (TPSA) is 53.4 Å². The highest BCUT2D eigenvalue weighted by Gasteiger charge is 2.23. The summed E-state index contributed by atoms with van der Waals surface area (Å²) < 4.78 is 0. The Morgan fingerprint density at radius 1 is 1.62 bits per heavy atom. The van der Waals surface area contributed by atoms with Crippen LogP contribution in [0, 0.1) is 0 Å². The Bertz CT molecular complexity index is 397. The van der Waals surface area contributed by atoms with Gasteiger partial charge in [0.05, 0.1) is 6.10 Å². The molecule has 86 valence electrons. The number of aliphatic hydroxyl groups is 1. The van der Waals surface area contributed by atoms with Gasteiger partial charge in [-0.1, -0.05) is 11.6 Å². The lowest BCUT2D eigenvalue weighted by molar-refractivity contribution is 0.0473. The normalized spacial score (nSPS) is 20.9. The minimum atomic E-state index is -0.407. The average molecular weight is 241 g/mol. The van der Waals surface area contributed by atoms with E-state index in [4.69, 9.17) is 11.6 Å². The molecule has 0 spiro atoms. The van der Waals surface area contributed by atoms with Crippen LogP contribution in [0.15, 0.2) is 18.3 Å². The Morgan fingerprint density at radius 3 is 3.12 bits per heavy atom. The summed E-state index contributed by atoms with van der Waals surface area (Å²) in [5.41, 5.74) is 0.522. The summed E-state index contributed by atoms with van der Waals surface area (Å²) in [6.45, 7) is 1.09. The molecule has 1 fully saturated rings. The lowest BCUT2D eigenvalue weighted by Gasteiger charge is -2.30. The van der Waals surface area contributed by atoms with E-state index >= 15 is 0 Å². The first-order chi connectivity index (χ1) is 7.66. The lowest BCUT2D eigenvalue weighted by atomic mass is 10.1. The number of β-amino-alcohol motifs (C(OH)–C–C–N with tert-alkyl or cyclic N) is 1. The number of pyridine rings is 1. The average Bonchev–Trinajstić information content (AvgIpc) is 2.28. The van der Waals surface area contributed by atoms with E-state index in [1.807, 2.05) is 0 Å². The lowest BCUT2D eigenvalue weighted by Crippen LogP contribution is -2.42. The van der Waals surface area contributed by atoms with E-state index in [-0.39, 0.29) is 5.91 Å². The summed E-state index contributed by atoms with van der Waals surface area (Å²) in [6, 6.07) is 3.18. The maximum Gasteiger partial charge on any atom is 0.254 e. The number of likely N-dealkylation sites (tertiary alicyclic amines) is 1. The number of amides is 1. The van der Waals surface area contributed by atoms with E-state index in [9.17, 15) is 9.90 Å². The molecule has 1 saturated heterocycles. The standard InChI is InChI=1S/C11H13ClN2O2/c12-10-6-8(3-4-13-10)11(16)14-5-1-2-9(15)7-14/h3-4,6,9,15H,1-2,5,7H2/t9-/m1/s1. The van der Waals surface area contributed by atoms with Crippen molar-refractivity contribution in [1.29, 1.82) is 0 Å². The first kappa shape index (κ1) is 11.4. The van der Waals surface area contributed by atoms with E-state index in [0.717, 1.165) is 12.8 Å². The highest BCUT2D eigenvalue weighted by molar-refractivity contribution is 6.29. The van der Waals surface area contributed by atoms with Gasteiger partial charge in [0, 0.05) is 24.8 Å². The molecule has 0 bridgehead atoms. The molecule has 2 rings (SSSR count). The van der Waals surface area contributed by atoms with Gasteiger partial charge in [-0.15, -0.1) is 0 Å². The molecule has 0 aliphatic carbocycles. The molecule has 0 radical (unpaired) electrons. The number of aromatic nitrogens is 1. The molecular weight excluding hydrogens is 228 g/mol. The number of carbonyl (C=O) groups excluding carboxylic acids is 1. The second-order valence-corrected chi connectivity index (χ2v) is 4.30. The van der Waals surface area contributed by atoms with Crippen LogP contribution in [0.1, 0.15) is 23.2 Å². The van der Waals surface area contributed by atoms with Crippen LogP contribution in [0.3, 0.4) is 0 Å². The molecule has 16 heavy (non-hydrogen) atoms. The zero-order valence-electron chi connectivity index (χ0n) is 8.77. The number of halogens is 1. The molecule has 1 aliphatic rings. The molecule has 0 aromatic carbocycles. The van der Waals surface area contributed by atoms with Crippen LogP contribution in [-0.2, 0) is 0 Å². The van der Waals surface area contributed by atoms with Crippen molar-refractivity contribution < 1.29 is 9.90 Å². The van der Waals surface area contributed by atoms with Crippen LogP contribution < -0.4 is 0 Å². The summed E-state index contributed by atoms with van der Waals surface area (Å²) in [5.74, 6) is -0.0944. The highest BCUT2D eigenvalue weighted by Crippen LogP contribution is 2.15. The fourth-order valence-corrected chi connectivity index (χ4v) is 2.03. The molecule has 1 N–H and O–H groups in total. The van der Waals surface area contributed by atoms with Crippen molar-refractivity contribution >= 4 is 17.5 Å². The molecule has 1 atom stereocenters. The minimum Gasteiger partial charge on any atom is -0.391 e. The molecule has 1 aromatic heterocycles. The Kier molecular flexibility index (Phi) is 3.41. The van der Waals surface area contributed by atoms with Gasteiger partial charge in [-0.2, -0.15) is 0 Å². The second-order valence-electron chi connectivity index (χ2n) is 3.91. The van der Waals surface area contributed by atoms with Gasteiger partial charge in [-0.05, 0) is 25.0 Å². The maximum absolute atomic E-state index is 12.0. The van der Waals surface area contributed by atoms with E-state index < -0.39 is 6.10 Å². The quantitative estimate of drug-likeness (QED) is 0.754. The number of hydrogen-bond donors (Lipinski definition) is 1. The number of nitrogens with zero attached hydrogens (tertiary/aromatic N) is 2. The van der Waals surface area contributed by atoms with Crippen molar-refractivity contribution in [3.63, 3.8) is 0 Å². The van der Waals surface area contributed by atoms with Gasteiger partial charge < -0.3 is 10.0 Å². The van der Waals surface area contributed by atoms with Crippen LogP contribution in [0.2, 0.25) is 5.15 Å². The highest BCUT2D eigenvalue weighted by atomic mass is 35.5. The first-order valence-electron chi connectivity index (χ1n) is 5.26. The van der Waals surface area contributed by atoms with Crippen molar-refractivity contribution in [3.8, 4) is 0 Å². The van der Waals surface area contributed by atoms with Gasteiger partial charge in [0.15, 0.2) is 0 Å². The number of hydrogen-bond acceptors (Lipinski definition) is 3. The predicted molar refractivity (Wildman–Crippen MR) is 60.4 cm³/mol. The molecule has 1 aliphatic heterocycles. The monoisotopic (exact) mass is 240 g/mol. The second kappa shape index (κ2) is 4.80. The molecule has 2 heterocycles. The summed E-state index contributed by atoms with van der Waals surface area (Å²) in [6.07, 6.45) is 2.71. The summed E-state index contributed by atoms with van der Waals surface area (Å²) in [4.78, 5) is 17.5. The molecule has 1 amide bonds. The SMILES string of the molecule is O=C(c1ccnc(Cl)c1)N1CCC[C@@H](O)C1. The number of aliphatic hydroxyl groups excluding tert-OH is 1. The predicted octanol–water partition coefficient (Wildman–Crippen LogP) is 1.33. The minimum absolute atomic E-state index is 0.0944. The molecule has 4 nitrogen and oxygen atoms in total. The maximum atomic E-state index is 12.0. The van der Waals surface area contributed by atoms with Crippen molar-refractivity contribution in [2.75, 3.05) is 13.1 Å². The fraction of sp³-hybridized carbons (Fsp3) is 0.455. The van der Waals surface area contributed by atoms with Gasteiger partial charge in [-0.3, -0.25) is 4.79 Å². The van der Waals surface area contributed by atoms with Crippen LogP contribution >= 0.6 is 11.6 Å². The summed E-state index contributed by atoms with van der Waals surface area (Å²) >= 11 is 5.73. The van der Waals surface area contributed by atoms with Crippen molar-refractivity contribution in [2.24, 2.45) is 0 Å². The van der Waals surface area contributed by atoms with Gasteiger partial charge in [0.2, 0.25) is 0 Å².